The molecule has 1 atom stereocenters. The number of methoxy groups -OCH3 is 1. The molecule has 1 unspecified atom stereocenters. The maximum Gasteiger partial charge on any atom is 0.164 e. The van der Waals surface area contributed by atoms with Gasteiger partial charge < -0.3 is 9.64 Å². The fraction of sp³-hybridized carbons (Fsp3) is 0.409. The Morgan fingerprint density at radius 3 is 2.14 bits per heavy atom. The third kappa shape index (κ3) is 7.89. The number of ketones is 1. The minimum Gasteiger partial charge on any atom is -0.375 e. The fourth-order valence-corrected chi connectivity index (χ4v) is 3.58. The number of piperazine rings is 1. The Kier molecular flexibility index (Phi) is 11.8. The summed E-state index contributed by atoms with van der Waals surface area (Å²) in [6.45, 7) is 5.68. The topological polar surface area (TPSA) is 32.8 Å². The number of halogens is 3. The number of carbonyl (C=O) groups is 1. The molecule has 0 spiro atoms. The SMILES string of the molecule is COC(CN1CCN(CCC(=O)c2ccc(Cl)cc2)CC1)c1ccccc1.Cl.Cl. The molecular weight excluding hydrogens is 431 g/mol. The maximum absolute atomic E-state index is 12.3. The molecule has 0 amide bonds. The van der Waals surface area contributed by atoms with E-state index in [1.165, 1.54) is 5.56 Å². The Balaban J connectivity index is 0.00000210. The molecule has 1 aliphatic heterocycles. The summed E-state index contributed by atoms with van der Waals surface area (Å²) >= 11 is 5.88. The van der Waals surface area contributed by atoms with E-state index >= 15 is 0 Å². The van der Waals surface area contributed by atoms with Gasteiger partial charge in [0.05, 0.1) is 6.10 Å². The normalized spacial score (nSPS) is 15.8. The minimum atomic E-state index is 0. The first-order valence-electron chi connectivity index (χ1n) is 9.47. The summed E-state index contributed by atoms with van der Waals surface area (Å²) < 4.78 is 5.69. The van der Waals surface area contributed by atoms with E-state index in [2.05, 4.69) is 34.1 Å². The monoisotopic (exact) mass is 458 g/mol. The van der Waals surface area contributed by atoms with Crippen molar-refractivity contribution < 1.29 is 9.53 Å². The summed E-state index contributed by atoms with van der Waals surface area (Å²) in [7, 11) is 1.77. The Morgan fingerprint density at radius 2 is 1.55 bits per heavy atom. The molecule has 29 heavy (non-hydrogen) atoms. The van der Waals surface area contributed by atoms with Crippen LogP contribution in [0.25, 0.3) is 0 Å². The third-order valence-electron chi connectivity index (χ3n) is 5.17. The molecule has 1 aliphatic rings. The summed E-state index contributed by atoms with van der Waals surface area (Å²) in [5.41, 5.74) is 1.96. The smallest absolute Gasteiger partial charge is 0.164 e. The van der Waals surface area contributed by atoms with Gasteiger partial charge in [-0.25, -0.2) is 0 Å². The van der Waals surface area contributed by atoms with E-state index in [0.717, 1.165) is 44.8 Å². The number of Topliss-reactive ketones (excluding diaryl/α,β-unsaturated/α-hetero) is 1. The van der Waals surface area contributed by atoms with Gasteiger partial charge in [0.25, 0.3) is 0 Å². The van der Waals surface area contributed by atoms with E-state index in [0.29, 0.717) is 11.4 Å². The van der Waals surface area contributed by atoms with Crippen LogP contribution in [0.5, 0.6) is 0 Å². The quantitative estimate of drug-likeness (QED) is 0.533. The van der Waals surface area contributed by atoms with Gasteiger partial charge in [-0.2, -0.15) is 0 Å². The van der Waals surface area contributed by atoms with Crippen molar-refractivity contribution in [2.45, 2.75) is 12.5 Å². The van der Waals surface area contributed by atoms with Crippen LogP contribution in [-0.2, 0) is 4.74 Å². The second-order valence-corrected chi connectivity index (χ2v) is 7.39. The van der Waals surface area contributed by atoms with Gasteiger partial charge >= 0.3 is 0 Å². The zero-order valence-corrected chi connectivity index (χ0v) is 19.0. The van der Waals surface area contributed by atoms with Crippen molar-refractivity contribution in [3.05, 3.63) is 70.7 Å². The molecule has 1 saturated heterocycles. The Hall–Kier alpha value is -1.14. The van der Waals surface area contributed by atoms with E-state index in [9.17, 15) is 4.79 Å². The van der Waals surface area contributed by atoms with Crippen LogP contribution in [0.4, 0.5) is 0 Å². The molecule has 7 heteroatoms. The molecule has 0 saturated carbocycles. The van der Waals surface area contributed by atoms with E-state index in [4.69, 9.17) is 16.3 Å². The minimum absolute atomic E-state index is 0. The standard InChI is InChI=1S/C22H27ClN2O2.2ClH/c1-27-22(19-5-3-2-4-6-19)17-25-15-13-24(14-16-25)12-11-21(26)18-7-9-20(23)10-8-18;;/h2-10,22H,11-17H2,1H3;2*1H. The van der Waals surface area contributed by atoms with Crippen LogP contribution in [0, 0.1) is 0 Å². The van der Waals surface area contributed by atoms with Gasteiger partial charge in [-0.1, -0.05) is 41.9 Å². The largest absolute Gasteiger partial charge is 0.375 e. The zero-order chi connectivity index (χ0) is 19.1. The molecule has 2 aromatic rings. The van der Waals surface area contributed by atoms with Crippen molar-refractivity contribution in [3.63, 3.8) is 0 Å². The zero-order valence-electron chi connectivity index (χ0n) is 16.6. The molecule has 4 nitrogen and oxygen atoms in total. The Labute approximate surface area is 191 Å². The summed E-state index contributed by atoms with van der Waals surface area (Å²) in [5, 5.41) is 0.660. The van der Waals surface area contributed by atoms with Gasteiger partial charge in [-0.05, 0) is 29.8 Å². The lowest BCUT2D eigenvalue weighted by Gasteiger charge is -2.36. The van der Waals surface area contributed by atoms with Crippen LogP contribution in [0.2, 0.25) is 5.02 Å². The molecule has 0 aromatic heterocycles. The summed E-state index contributed by atoms with van der Waals surface area (Å²) in [6, 6.07) is 17.5. The van der Waals surface area contributed by atoms with Crippen LogP contribution in [0.3, 0.4) is 0 Å². The average Bonchev–Trinajstić information content (AvgIpc) is 2.72. The van der Waals surface area contributed by atoms with Crippen molar-refractivity contribution in [1.29, 1.82) is 0 Å². The van der Waals surface area contributed by atoms with Crippen LogP contribution in [0.15, 0.2) is 54.6 Å². The average molecular weight is 460 g/mol. The number of nitrogens with zero attached hydrogens (tertiary/aromatic N) is 2. The third-order valence-corrected chi connectivity index (χ3v) is 5.42. The van der Waals surface area contributed by atoms with Crippen molar-refractivity contribution in [3.8, 4) is 0 Å². The molecule has 3 rings (SSSR count). The first kappa shape index (κ1) is 25.9. The molecule has 0 aliphatic carbocycles. The highest BCUT2D eigenvalue weighted by Crippen LogP contribution is 2.19. The second-order valence-electron chi connectivity index (χ2n) is 6.96. The summed E-state index contributed by atoms with van der Waals surface area (Å²) in [4.78, 5) is 17.1. The highest BCUT2D eigenvalue weighted by Gasteiger charge is 2.21. The molecule has 0 N–H and O–H groups in total. The van der Waals surface area contributed by atoms with E-state index in [-0.39, 0.29) is 36.7 Å². The van der Waals surface area contributed by atoms with Crippen LogP contribution >= 0.6 is 36.4 Å². The summed E-state index contributed by atoms with van der Waals surface area (Å²) in [5.74, 6) is 0.178. The van der Waals surface area contributed by atoms with Gasteiger partial charge in [0, 0.05) is 63.4 Å². The molecule has 1 heterocycles. The lowest BCUT2D eigenvalue weighted by molar-refractivity contribution is 0.0416. The van der Waals surface area contributed by atoms with E-state index < -0.39 is 0 Å². The van der Waals surface area contributed by atoms with Gasteiger partial charge in [0.2, 0.25) is 0 Å². The molecule has 0 radical (unpaired) electrons. The first-order chi connectivity index (χ1) is 13.2. The second kappa shape index (κ2) is 13.2. The van der Waals surface area contributed by atoms with Crippen LogP contribution < -0.4 is 0 Å². The lowest BCUT2D eigenvalue weighted by atomic mass is 10.1. The van der Waals surface area contributed by atoms with Gasteiger partial charge in [-0.3, -0.25) is 9.69 Å². The van der Waals surface area contributed by atoms with Crippen molar-refractivity contribution in [2.75, 3.05) is 46.4 Å². The Morgan fingerprint density at radius 1 is 0.966 bits per heavy atom. The van der Waals surface area contributed by atoms with E-state index in [1.807, 2.05) is 6.07 Å². The first-order valence-corrected chi connectivity index (χ1v) is 9.84. The van der Waals surface area contributed by atoms with Crippen LogP contribution in [-0.4, -0.2) is 62.0 Å². The molecule has 2 aromatic carbocycles. The van der Waals surface area contributed by atoms with Crippen molar-refractivity contribution >= 4 is 42.2 Å². The van der Waals surface area contributed by atoms with Gasteiger partial charge in [-0.15, -0.1) is 24.8 Å². The fourth-order valence-electron chi connectivity index (χ4n) is 3.45. The lowest BCUT2D eigenvalue weighted by Crippen LogP contribution is -2.48. The number of carbonyl (C=O) groups excluding carboxylic acids is 1. The predicted octanol–water partition coefficient (Wildman–Crippen LogP) is 4.76. The number of hydrogen-bond donors (Lipinski definition) is 0. The van der Waals surface area contributed by atoms with Gasteiger partial charge in [0.1, 0.15) is 0 Å². The molecular formula is C22H29Cl3N2O2. The molecule has 1 fully saturated rings. The predicted molar refractivity (Wildman–Crippen MR) is 124 cm³/mol. The number of rotatable bonds is 8. The molecule has 0 bridgehead atoms. The molecule has 160 valence electrons. The number of hydrogen-bond acceptors (Lipinski definition) is 4. The van der Waals surface area contributed by atoms with Crippen LogP contribution in [0.1, 0.15) is 28.4 Å². The van der Waals surface area contributed by atoms with Crippen molar-refractivity contribution in [2.24, 2.45) is 0 Å². The highest BCUT2D eigenvalue weighted by atomic mass is 35.5. The number of benzene rings is 2. The highest BCUT2D eigenvalue weighted by molar-refractivity contribution is 6.30. The number of ether oxygens (including phenoxy) is 1. The maximum atomic E-state index is 12.3. The van der Waals surface area contributed by atoms with Crippen molar-refractivity contribution in [1.82, 2.24) is 9.80 Å². The van der Waals surface area contributed by atoms with Gasteiger partial charge in [0.15, 0.2) is 5.78 Å². The Bertz CT molecular complexity index is 721. The van der Waals surface area contributed by atoms with E-state index in [1.54, 1.807) is 31.4 Å². The summed E-state index contributed by atoms with van der Waals surface area (Å²) in [6.07, 6.45) is 0.649.